The molecule has 110 valence electrons. The lowest BCUT2D eigenvalue weighted by atomic mass is 10.2. The summed E-state index contributed by atoms with van der Waals surface area (Å²) in [6, 6.07) is 3.41. The van der Waals surface area contributed by atoms with Crippen molar-refractivity contribution in [2.24, 2.45) is 0 Å². The average Bonchev–Trinajstić information content (AvgIpc) is 2.94. The summed E-state index contributed by atoms with van der Waals surface area (Å²) in [5.41, 5.74) is 2.19. The second-order valence-electron chi connectivity index (χ2n) is 4.53. The van der Waals surface area contributed by atoms with E-state index < -0.39 is 17.0 Å². The number of ether oxygens (including phenoxy) is 1. The number of anilines is 1. The predicted molar refractivity (Wildman–Crippen MR) is 75.9 cm³/mol. The van der Waals surface area contributed by atoms with Crippen LogP contribution in [-0.2, 0) is 9.53 Å². The number of fused-ring (bicyclic) bond motifs is 1. The van der Waals surface area contributed by atoms with E-state index in [1.54, 1.807) is 22.5 Å². The number of nitro benzene ring substituents is 1. The van der Waals surface area contributed by atoms with Gasteiger partial charge in [0.1, 0.15) is 5.69 Å². The SMILES string of the molecule is O=C(O)C1CN(c2ccc3scnc3c2[N+](=O)[O-])CCO1. The minimum atomic E-state index is -1.07. The summed E-state index contributed by atoms with van der Waals surface area (Å²) < 4.78 is 5.87. The highest BCUT2D eigenvalue weighted by molar-refractivity contribution is 7.16. The van der Waals surface area contributed by atoms with Crippen molar-refractivity contribution in [3.05, 3.63) is 27.8 Å². The summed E-state index contributed by atoms with van der Waals surface area (Å²) in [5, 5.41) is 20.4. The number of aliphatic carboxylic acids is 1. The molecule has 0 bridgehead atoms. The number of nitrogens with zero attached hydrogens (tertiary/aromatic N) is 3. The first kappa shape index (κ1) is 13.7. The second-order valence-corrected chi connectivity index (χ2v) is 5.42. The number of carboxylic acid groups (broad SMARTS) is 1. The highest BCUT2D eigenvalue weighted by Crippen LogP contribution is 2.37. The molecule has 1 aliphatic rings. The number of rotatable bonds is 3. The summed E-state index contributed by atoms with van der Waals surface area (Å²) in [5.74, 6) is -1.07. The molecule has 1 fully saturated rings. The largest absolute Gasteiger partial charge is 0.479 e. The van der Waals surface area contributed by atoms with E-state index in [1.807, 2.05) is 0 Å². The molecule has 2 heterocycles. The third-order valence-electron chi connectivity index (χ3n) is 3.32. The summed E-state index contributed by atoms with van der Waals surface area (Å²) in [6.07, 6.45) is -0.982. The van der Waals surface area contributed by atoms with Crippen LogP contribution in [0, 0.1) is 10.1 Å². The normalized spacial score (nSPS) is 18.9. The molecule has 1 N–H and O–H groups in total. The molecule has 1 aliphatic heterocycles. The van der Waals surface area contributed by atoms with Crippen molar-refractivity contribution < 1.29 is 19.6 Å². The van der Waals surface area contributed by atoms with Crippen LogP contribution in [-0.4, -0.2) is 46.8 Å². The van der Waals surface area contributed by atoms with E-state index in [0.29, 0.717) is 17.7 Å². The number of morpholine rings is 1. The highest BCUT2D eigenvalue weighted by Gasteiger charge is 2.31. The Bertz CT molecular complexity index is 716. The zero-order chi connectivity index (χ0) is 15.0. The molecule has 1 atom stereocenters. The van der Waals surface area contributed by atoms with Gasteiger partial charge in [0.15, 0.2) is 11.6 Å². The van der Waals surface area contributed by atoms with Crippen LogP contribution < -0.4 is 4.90 Å². The van der Waals surface area contributed by atoms with Crippen molar-refractivity contribution in [3.8, 4) is 0 Å². The Kier molecular flexibility index (Phi) is 3.43. The summed E-state index contributed by atoms with van der Waals surface area (Å²) in [7, 11) is 0. The van der Waals surface area contributed by atoms with Crippen LogP contribution in [0.4, 0.5) is 11.4 Å². The van der Waals surface area contributed by atoms with Gasteiger partial charge in [-0.2, -0.15) is 0 Å². The van der Waals surface area contributed by atoms with E-state index in [1.165, 1.54) is 11.3 Å². The number of carboxylic acids is 1. The zero-order valence-electron chi connectivity index (χ0n) is 10.8. The molecule has 3 rings (SSSR count). The number of nitro groups is 1. The quantitative estimate of drug-likeness (QED) is 0.676. The van der Waals surface area contributed by atoms with Gasteiger partial charge >= 0.3 is 11.7 Å². The standard InChI is InChI=1S/C12H11N3O5S/c16-12(17)8-5-14(3-4-20-8)7-1-2-9-10(13-6-21-9)11(7)15(18)19/h1-2,6,8H,3-5H2,(H,16,17). The molecular weight excluding hydrogens is 298 g/mol. The maximum absolute atomic E-state index is 11.4. The molecule has 21 heavy (non-hydrogen) atoms. The minimum absolute atomic E-state index is 0.0752. The Morgan fingerprint density at radius 2 is 2.38 bits per heavy atom. The van der Waals surface area contributed by atoms with Crippen LogP contribution in [0.1, 0.15) is 0 Å². The van der Waals surface area contributed by atoms with Crippen molar-refractivity contribution in [3.63, 3.8) is 0 Å². The molecule has 1 aromatic carbocycles. The summed E-state index contributed by atoms with van der Waals surface area (Å²) in [4.78, 5) is 27.7. The third kappa shape index (κ3) is 2.41. The zero-order valence-corrected chi connectivity index (χ0v) is 11.6. The molecule has 1 unspecified atom stereocenters. The van der Waals surface area contributed by atoms with E-state index in [-0.39, 0.29) is 18.8 Å². The fourth-order valence-corrected chi connectivity index (χ4v) is 3.04. The first-order valence-electron chi connectivity index (χ1n) is 6.18. The van der Waals surface area contributed by atoms with E-state index in [0.717, 1.165) is 4.70 Å². The van der Waals surface area contributed by atoms with Gasteiger partial charge in [-0.15, -0.1) is 11.3 Å². The summed E-state index contributed by atoms with van der Waals surface area (Å²) in [6.45, 7) is 0.690. The Balaban J connectivity index is 2.05. The van der Waals surface area contributed by atoms with Crippen molar-refractivity contribution in [2.45, 2.75) is 6.10 Å². The Morgan fingerprint density at radius 1 is 1.57 bits per heavy atom. The maximum atomic E-state index is 11.4. The van der Waals surface area contributed by atoms with Crippen molar-refractivity contribution in [2.75, 3.05) is 24.6 Å². The fraction of sp³-hybridized carbons (Fsp3) is 0.333. The highest BCUT2D eigenvalue weighted by atomic mass is 32.1. The lowest BCUT2D eigenvalue weighted by Crippen LogP contribution is -2.46. The molecule has 0 radical (unpaired) electrons. The van der Waals surface area contributed by atoms with Gasteiger partial charge in [0.25, 0.3) is 0 Å². The molecule has 1 aromatic heterocycles. The molecule has 8 nitrogen and oxygen atoms in total. The summed E-state index contributed by atoms with van der Waals surface area (Å²) >= 11 is 1.33. The average molecular weight is 309 g/mol. The first-order valence-corrected chi connectivity index (χ1v) is 7.06. The van der Waals surface area contributed by atoms with Crippen molar-refractivity contribution in [1.82, 2.24) is 4.98 Å². The van der Waals surface area contributed by atoms with Gasteiger partial charge in [0, 0.05) is 6.54 Å². The third-order valence-corrected chi connectivity index (χ3v) is 4.11. The van der Waals surface area contributed by atoms with Gasteiger partial charge in [0.2, 0.25) is 0 Å². The minimum Gasteiger partial charge on any atom is -0.479 e. The van der Waals surface area contributed by atoms with Crippen LogP contribution in [0.25, 0.3) is 10.2 Å². The molecule has 0 spiro atoms. The van der Waals surface area contributed by atoms with E-state index in [9.17, 15) is 14.9 Å². The monoisotopic (exact) mass is 309 g/mol. The number of benzene rings is 1. The molecule has 0 aliphatic carbocycles. The fourth-order valence-electron chi connectivity index (χ4n) is 2.36. The van der Waals surface area contributed by atoms with E-state index >= 15 is 0 Å². The maximum Gasteiger partial charge on any atom is 0.334 e. The number of aromatic nitrogens is 1. The smallest absolute Gasteiger partial charge is 0.334 e. The van der Waals surface area contributed by atoms with Gasteiger partial charge < -0.3 is 14.7 Å². The van der Waals surface area contributed by atoms with Crippen LogP contribution in [0.2, 0.25) is 0 Å². The first-order chi connectivity index (χ1) is 10.1. The number of carbonyl (C=O) groups is 1. The van der Waals surface area contributed by atoms with Crippen molar-refractivity contribution >= 4 is 38.9 Å². The number of hydrogen-bond acceptors (Lipinski definition) is 7. The van der Waals surface area contributed by atoms with E-state index in [4.69, 9.17) is 9.84 Å². The van der Waals surface area contributed by atoms with Gasteiger partial charge in [-0.05, 0) is 12.1 Å². The second kappa shape index (κ2) is 5.26. The lowest BCUT2D eigenvalue weighted by Gasteiger charge is -2.32. The molecule has 0 saturated carbocycles. The molecule has 2 aromatic rings. The molecule has 9 heteroatoms. The Hall–Kier alpha value is -2.26. The Labute approximate surface area is 122 Å². The lowest BCUT2D eigenvalue weighted by molar-refractivity contribution is -0.382. The van der Waals surface area contributed by atoms with Gasteiger partial charge in [-0.25, -0.2) is 9.78 Å². The predicted octanol–water partition coefficient (Wildman–Crippen LogP) is 1.49. The van der Waals surface area contributed by atoms with Gasteiger partial charge in [0.05, 0.1) is 28.3 Å². The molecular formula is C12H11N3O5S. The number of thiazole rings is 1. The van der Waals surface area contributed by atoms with Crippen LogP contribution in [0.5, 0.6) is 0 Å². The van der Waals surface area contributed by atoms with Crippen LogP contribution in [0.15, 0.2) is 17.6 Å². The molecule has 1 saturated heterocycles. The topological polar surface area (TPSA) is 106 Å². The van der Waals surface area contributed by atoms with Gasteiger partial charge in [-0.1, -0.05) is 0 Å². The van der Waals surface area contributed by atoms with Crippen LogP contribution in [0.3, 0.4) is 0 Å². The molecule has 0 amide bonds. The Morgan fingerprint density at radius 3 is 3.10 bits per heavy atom. The van der Waals surface area contributed by atoms with Crippen LogP contribution >= 0.6 is 11.3 Å². The van der Waals surface area contributed by atoms with Gasteiger partial charge in [-0.3, -0.25) is 10.1 Å². The number of hydrogen-bond donors (Lipinski definition) is 1. The van der Waals surface area contributed by atoms with Crippen molar-refractivity contribution in [1.29, 1.82) is 0 Å². The van der Waals surface area contributed by atoms with E-state index in [2.05, 4.69) is 4.98 Å².